The maximum Gasteiger partial charge on any atom is 0.343 e. The Morgan fingerprint density at radius 1 is 1.08 bits per heavy atom. The Kier molecular flexibility index (Phi) is 11.3. The van der Waals surface area contributed by atoms with Gasteiger partial charge in [-0.2, -0.15) is 5.26 Å². The molecule has 3 rings (SSSR count). The highest BCUT2D eigenvalue weighted by atomic mass is 31.2. The molecule has 0 saturated carbocycles. The van der Waals surface area contributed by atoms with E-state index in [1.54, 1.807) is 30.3 Å². The highest BCUT2D eigenvalue weighted by Gasteiger charge is 2.28. The van der Waals surface area contributed by atoms with E-state index < -0.39 is 20.8 Å². The number of hydrogen-bond acceptors (Lipinski definition) is 8. The second kappa shape index (κ2) is 14.4. The fourth-order valence-corrected chi connectivity index (χ4v) is 5.41. The first-order valence-electron chi connectivity index (χ1n) is 12.2. The zero-order chi connectivity index (χ0) is 25.9. The van der Waals surface area contributed by atoms with Gasteiger partial charge in [0, 0.05) is 12.1 Å². The minimum absolute atomic E-state index is 0.206. The molecule has 1 aliphatic heterocycles. The molecule has 1 heterocycles. The molecule has 0 N–H and O–H groups in total. The van der Waals surface area contributed by atoms with E-state index in [4.69, 9.17) is 28.5 Å². The molecule has 1 saturated heterocycles. The Morgan fingerprint density at radius 3 is 2.42 bits per heavy atom. The molecule has 1 atom stereocenters. The Bertz CT molecular complexity index is 997. The molecule has 1 unspecified atom stereocenters. The van der Waals surface area contributed by atoms with Gasteiger partial charge in [-0.1, -0.05) is 24.3 Å². The molecule has 2 aromatic carbocycles. The van der Waals surface area contributed by atoms with Crippen molar-refractivity contribution in [3.05, 3.63) is 65.2 Å². The molecule has 2 aromatic rings. The third-order valence-electron chi connectivity index (χ3n) is 5.37. The summed E-state index contributed by atoms with van der Waals surface area (Å²) >= 11 is 0. The van der Waals surface area contributed by atoms with E-state index in [-0.39, 0.29) is 18.7 Å². The van der Waals surface area contributed by atoms with Crippen LogP contribution in [0.2, 0.25) is 0 Å². The number of nitriles is 1. The van der Waals surface area contributed by atoms with Gasteiger partial charge in [0.1, 0.15) is 5.75 Å². The maximum atomic E-state index is 12.7. The lowest BCUT2D eigenvalue weighted by atomic mass is 10.1. The Morgan fingerprint density at radius 2 is 1.78 bits per heavy atom. The van der Waals surface area contributed by atoms with Crippen molar-refractivity contribution in [2.75, 3.05) is 19.8 Å². The predicted octanol–water partition coefficient (Wildman–Crippen LogP) is 6.13. The summed E-state index contributed by atoms with van der Waals surface area (Å²) in [5.74, 6) is -0.0615. The third-order valence-corrected chi connectivity index (χ3v) is 7.43. The van der Waals surface area contributed by atoms with E-state index in [9.17, 15) is 4.79 Å². The van der Waals surface area contributed by atoms with Gasteiger partial charge < -0.3 is 23.3 Å². The normalized spacial score (nSPS) is 15.3. The summed E-state index contributed by atoms with van der Waals surface area (Å²) in [5, 5.41) is 8.92. The number of esters is 1. The molecule has 0 aromatic heterocycles. The van der Waals surface area contributed by atoms with Crippen LogP contribution >= 0.6 is 8.53 Å². The van der Waals surface area contributed by atoms with Crippen LogP contribution in [0.1, 0.15) is 68.3 Å². The number of rotatable bonds is 12. The zero-order valence-electron chi connectivity index (χ0n) is 21.4. The number of carbonyl (C=O) groups is 1. The molecular formula is C27H35N2O6P. The standard InChI is InChI=1S/C27H35N2O6P/c1-20(2)29(21(3)4)36(33-17-8-14-28)34-19-22-12-13-25(24(18-22)27-31-15-9-16-32-27)35-26(30)23-10-6-5-7-11-23/h5-7,10-13,18,20-21,27H,8-9,15-17,19H2,1-4H3. The number of hydrogen-bond donors (Lipinski definition) is 0. The molecular weight excluding hydrogens is 479 g/mol. The maximum absolute atomic E-state index is 12.7. The zero-order valence-corrected chi connectivity index (χ0v) is 22.3. The lowest BCUT2D eigenvalue weighted by Crippen LogP contribution is -2.33. The average Bonchev–Trinajstić information content (AvgIpc) is 2.88. The quantitative estimate of drug-likeness (QED) is 0.145. The highest BCUT2D eigenvalue weighted by Crippen LogP contribution is 2.47. The van der Waals surface area contributed by atoms with E-state index in [1.807, 2.05) is 18.2 Å². The molecule has 0 radical (unpaired) electrons. The SMILES string of the molecule is CC(C)N(C(C)C)P(OCCC#N)OCc1ccc(OC(=O)c2ccccc2)c(C2OCCCO2)c1. The van der Waals surface area contributed by atoms with E-state index in [0.29, 0.717) is 43.1 Å². The van der Waals surface area contributed by atoms with Crippen molar-refractivity contribution >= 4 is 14.5 Å². The van der Waals surface area contributed by atoms with Crippen LogP contribution in [0.4, 0.5) is 0 Å². The molecule has 1 fully saturated rings. The Hall–Kier alpha value is -2.37. The van der Waals surface area contributed by atoms with Crippen molar-refractivity contribution in [1.82, 2.24) is 4.67 Å². The van der Waals surface area contributed by atoms with Gasteiger partial charge in [-0.05, 0) is 63.9 Å². The first kappa shape index (κ1) is 28.2. The fourth-order valence-electron chi connectivity index (χ4n) is 3.81. The molecule has 8 nitrogen and oxygen atoms in total. The molecule has 0 spiro atoms. The van der Waals surface area contributed by atoms with Gasteiger partial charge in [-0.3, -0.25) is 0 Å². The van der Waals surface area contributed by atoms with Crippen molar-refractivity contribution in [2.45, 2.75) is 65.5 Å². The van der Waals surface area contributed by atoms with E-state index in [0.717, 1.165) is 12.0 Å². The van der Waals surface area contributed by atoms with E-state index in [1.165, 1.54) is 0 Å². The Balaban J connectivity index is 1.80. The summed E-state index contributed by atoms with van der Waals surface area (Å²) < 4.78 is 31.8. The summed E-state index contributed by atoms with van der Waals surface area (Å²) in [5.41, 5.74) is 1.97. The third kappa shape index (κ3) is 8.07. The van der Waals surface area contributed by atoms with Gasteiger partial charge in [0.05, 0.1) is 50.0 Å². The van der Waals surface area contributed by atoms with Crippen LogP contribution in [0.3, 0.4) is 0 Å². The lowest BCUT2D eigenvalue weighted by molar-refractivity contribution is -0.183. The average molecular weight is 515 g/mol. The molecule has 0 bridgehead atoms. The first-order chi connectivity index (χ1) is 17.4. The van der Waals surface area contributed by atoms with Crippen LogP contribution < -0.4 is 4.74 Å². The number of carbonyl (C=O) groups excluding carboxylic acids is 1. The monoisotopic (exact) mass is 514 g/mol. The minimum Gasteiger partial charge on any atom is -0.422 e. The lowest BCUT2D eigenvalue weighted by Gasteiger charge is -2.35. The fraction of sp³-hybridized carbons (Fsp3) is 0.481. The summed E-state index contributed by atoms with van der Waals surface area (Å²) in [6.45, 7) is 10.1. The molecule has 0 aliphatic carbocycles. The molecule has 36 heavy (non-hydrogen) atoms. The summed E-state index contributed by atoms with van der Waals surface area (Å²) in [6.07, 6.45) is 0.477. The van der Waals surface area contributed by atoms with Crippen LogP contribution in [0, 0.1) is 11.3 Å². The van der Waals surface area contributed by atoms with Gasteiger partial charge in [0.25, 0.3) is 8.53 Å². The largest absolute Gasteiger partial charge is 0.422 e. The van der Waals surface area contributed by atoms with Crippen molar-refractivity contribution in [3.63, 3.8) is 0 Å². The van der Waals surface area contributed by atoms with Crippen LogP contribution in [0.5, 0.6) is 5.75 Å². The van der Waals surface area contributed by atoms with E-state index >= 15 is 0 Å². The van der Waals surface area contributed by atoms with Gasteiger partial charge in [0.15, 0.2) is 6.29 Å². The van der Waals surface area contributed by atoms with Gasteiger partial charge in [-0.15, -0.1) is 0 Å². The Labute approximate surface area is 215 Å². The van der Waals surface area contributed by atoms with Gasteiger partial charge in [-0.25, -0.2) is 9.46 Å². The summed E-state index contributed by atoms with van der Waals surface area (Å²) in [4.78, 5) is 12.7. The smallest absolute Gasteiger partial charge is 0.343 e. The molecule has 9 heteroatoms. The van der Waals surface area contributed by atoms with Crippen LogP contribution in [-0.4, -0.2) is 42.5 Å². The number of nitrogens with zero attached hydrogens (tertiary/aromatic N) is 2. The number of ether oxygens (including phenoxy) is 3. The second-order valence-electron chi connectivity index (χ2n) is 8.87. The van der Waals surface area contributed by atoms with Crippen LogP contribution in [-0.2, 0) is 25.1 Å². The second-order valence-corrected chi connectivity index (χ2v) is 10.3. The summed E-state index contributed by atoms with van der Waals surface area (Å²) in [6, 6.07) is 16.9. The number of benzene rings is 2. The molecule has 1 aliphatic rings. The summed E-state index contributed by atoms with van der Waals surface area (Å²) in [7, 11) is -1.38. The van der Waals surface area contributed by atoms with Crippen molar-refractivity contribution in [2.24, 2.45) is 0 Å². The molecule has 0 amide bonds. The van der Waals surface area contributed by atoms with E-state index in [2.05, 4.69) is 38.4 Å². The van der Waals surface area contributed by atoms with Crippen molar-refractivity contribution in [3.8, 4) is 11.8 Å². The minimum atomic E-state index is -1.38. The van der Waals surface area contributed by atoms with Gasteiger partial charge in [0.2, 0.25) is 0 Å². The highest BCUT2D eigenvalue weighted by molar-refractivity contribution is 7.44. The van der Waals surface area contributed by atoms with Crippen molar-refractivity contribution in [1.29, 1.82) is 5.26 Å². The topological polar surface area (TPSA) is 90.2 Å². The van der Waals surface area contributed by atoms with Crippen LogP contribution in [0.25, 0.3) is 0 Å². The predicted molar refractivity (Wildman–Crippen MR) is 137 cm³/mol. The van der Waals surface area contributed by atoms with Crippen molar-refractivity contribution < 1.29 is 28.1 Å². The molecule has 194 valence electrons. The van der Waals surface area contributed by atoms with Crippen LogP contribution in [0.15, 0.2) is 48.5 Å². The first-order valence-corrected chi connectivity index (χ1v) is 13.4. The van der Waals surface area contributed by atoms with Gasteiger partial charge >= 0.3 is 5.97 Å².